The zero-order valence-corrected chi connectivity index (χ0v) is 10.9. The Bertz CT molecular complexity index is 284. The van der Waals surface area contributed by atoms with Crippen LogP contribution in [0.5, 0.6) is 0 Å². The molecule has 0 bridgehead atoms. The molecule has 0 saturated heterocycles. The molecule has 2 atom stereocenters. The molecule has 2 nitrogen and oxygen atoms in total. The average Bonchev–Trinajstić information content (AvgIpc) is 2.72. The van der Waals surface area contributed by atoms with Gasteiger partial charge in [-0.1, -0.05) is 26.2 Å². The number of hydrogen-bond donors (Lipinski definition) is 1. The SMILES string of the molecule is CCC1CCCC(NCc2cncs2)CC1. The highest BCUT2D eigenvalue weighted by Gasteiger charge is 2.17. The van der Waals surface area contributed by atoms with E-state index in [0.29, 0.717) is 0 Å². The second kappa shape index (κ2) is 6.36. The van der Waals surface area contributed by atoms with Crippen molar-refractivity contribution in [2.75, 3.05) is 0 Å². The van der Waals surface area contributed by atoms with Gasteiger partial charge in [0.2, 0.25) is 0 Å². The van der Waals surface area contributed by atoms with Crippen LogP contribution in [0.4, 0.5) is 0 Å². The predicted octanol–water partition coefficient (Wildman–Crippen LogP) is 3.59. The predicted molar refractivity (Wildman–Crippen MR) is 69.6 cm³/mol. The monoisotopic (exact) mass is 238 g/mol. The molecule has 3 heteroatoms. The van der Waals surface area contributed by atoms with E-state index < -0.39 is 0 Å². The second-order valence-corrected chi connectivity index (χ2v) is 5.80. The van der Waals surface area contributed by atoms with Gasteiger partial charge in [0.05, 0.1) is 5.51 Å². The smallest absolute Gasteiger partial charge is 0.0794 e. The molecule has 0 radical (unpaired) electrons. The Labute approximate surface area is 102 Å². The normalized spacial score (nSPS) is 26.6. The van der Waals surface area contributed by atoms with Crippen LogP contribution in [0.2, 0.25) is 0 Å². The number of rotatable bonds is 4. The molecule has 1 aliphatic carbocycles. The van der Waals surface area contributed by atoms with Crippen LogP contribution in [0.3, 0.4) is 0 Å². The first-order valence-corrected chi connectivity index (χ1v) is 7.37. The third kappa shape index (κ3) is 3.56. The van der Waals surface area contributed by atoms with Crippen LogP contribution in [-0.4, -0.2) is 11.0 Å². The molecule has 1 N–H and O–H groups in total. The lowest BCUT2D eigenvalue weighted by Gasteiger charge is -2.15. The van der Waals surface area contributed by atoms with Crippen molar-refractivity contribution in [3.8, 4) is 0 Å². The van der Waals surface area contributed by atoms with E-state index in [0.717, 1.165) is 18.5 Å². The molecule has 1 fully saturated rings. The number of aromatic nitrogens is 1. The first-order chi connectivity index (χ1) is 7.88. The van der Waals surface area contributed by atoms with Crippen LogP contribution >= 0.6 is 11.3 Å². The van der Waals surface area contributed by atoms with Crippen molar-refractivity contribution in [3.05, 3.63) is 16.6 Å². The van der Waals surface area contributed by atoms with Gasteiger partial charge in [-0.05, 0) is 25.2 Å². The maximum absolute atomic E-state index is 4.11. The molecular formula is C13H22N2S. The molecule has 2 unspecified atom stereocenters. The fourth-order valence-corrected chi connectivity index (χ4v) is 3.11. The molecule has 0 aromatic carbocycles. The van der Waals surface area contributed by atoms with Gasteiger partial charge in [0.1, 0.15) is 0 Å². The standard InChI is InChI=1S/C13H22N2S/c1-2-11-4-3-5-12(7-6-11)15-9-13-8-14-10-16-13/h8,10-12,15H,2-7,9H2,1H3. The van der Waals surface area contributed by atoms with Crippen molar-refractivity contribution >= 4 is 11.3 Å². The van der Waals surface area contributed by atoms with Crippen molar-refractivity contribution in [3.63, 3.8) is 0 Å². The lowest BCUT2D eigenvalue weighted by atomic mass is 9.98. The summed E-state index contributed by atoms with van der Waals surface area (Å²) in [6, 6.07) is 0.735. The summed E-state index contributed by atoms with van der Waals surface area (Å²) in [6.45, 7) is 3.34. The Morgan fingerprint density at radius 3 is 3.06 bits per heavy atom. The van der Waals surface area contributed by atoms with E-state index >= 15 is 0 Å². The minimum atomic E-state index is 0.735. The summed E-state index contributed by atoms with van der Waals surface area (Å²) in [6.07, 6.45) is 10.3. The molecule has 16 heavy (non-hydrogen) atoms. The van der Waals surface area contributed by atoms with Crippen molar-refractivity contribution in [1.82, 2.24) is 10.3 Å². The van der Waals surface area contributed by atoms with E-state index in [-0.39, 0.29) is 0 Å². The zero-order chi connectivity index (χ0) is 11.2. The maximum Gasteiger partial charge on any atom is 0.0794 e. The minimum absolute atomic E-state index is 0.735. The zero-order valence-electron chi connectivity index (χ0n) is 10.1. The Hall–Kier alpha value is -0.410. The lowest BCUT2D eigenvalue weighted by molar-refractivity contribution is 0.425. The van der Waals surface area contributed by atoms with Gasteiger partial charge in [-0.3, -0.25) is 4.98 Å². The summed E-state index contributed by atoms with van der Waals surface area (Å²) in [7, 11) is 0. The van der Waals surface area contributed by atoms with E-state index in [4.69, 9.17) is 0 Å². The van der Waals surface area contributed by atoms with Gasteiger partial charge >= 0.3 is 0 Å². The van der Waals surface area contributed by atoms with Crippen LogP contribution < -0.4 is 5.32 Å². The Morgan fingerprint density at radius 2 is 2.31 bits per heavy atom. The molecule has 1 saturated carbocycles. The van der Waals surface area contributed by atoms with E-state index in [9.17, 15) is 0 Å². The van der Waals surface area contributed by atoms with E-state index in [1.807, 2.05) is 11.7 Å². The van der Waals surface area contributed by atoms with Crippen molar-refractivity contribution < 1.29 is 0 Å². The topological polar surface area (TPSA) is 24.9 Å². The Kier molecular flexibility index (Phi) is 4.79. The van der Waals surface area contributed by atoms with Gasteiger partial charge in [-0.15, -0.1) is 11.3 Å². The lowest BCUT2D eigenvalue weighted by Crippen LogP contribution is -2.27. The summed E-state index contributed by atoms with van der Waals surface area (Å²) >= 11 is 1.75. The molecular weight excluding hydrogens is 216 g/mol. The first kappa shape index (κ1) is 12.1. The van der Waals surface area contributed by atoms with Crippen LogP contribution in [0.15, 0.2) is 11.7 Å². The fourth-order valence-electron chi connectivity index (χ4n) is 2.57. The van der Waals surface area contributed by atoms with Crippen LogP contribution in [-0.2, 0) is 6.54 Å². The molecule has 0 aliphatic heterocycles. The summed E-state index contributed by atoms with van der Waals surface area (Å²) in [5.41, 5.74) is 1.91. The molecule has 1 aromatic rings. The highest BCUT2D eigenvalue weighted by Crippen LogP contribution is 2.25. The van der Waals surface area contributed by atoms with E-state index in [1.165, 1.54) is 43.4 Å². The third-order valence-electron chi connectivity index (χ3n) is 3.71. The third-order valence-corrected chi connectivity index (χ3v) is 4.49. The molecule has 0 spiro atoms. The van der Waals surface area contributed by atoms with Crippen molar-refractivity contribution in [2.24, 2.45) is 5.92 Å². The van der Waals surface area contributed by atoms with Gasteiger partial charge < -0.3 is 5.32 Å². The van der Waals surface area contributed by atoms with Crippen molar-refractivity contribution in [2.45, 2.75) is 58.0 Å². The fraction of sp³-hybridized carbons (Fsp3) is 0.769. The van der Waals surface area contributed by atoms with E-state index in [2.05, 4.69) is 17.2 Å². The molecule has 2 rings (SSSR count). The largest absolute Gasteiger partial charge is 0.309 e. The molecule has 1 aliphatic rings. The summed E-state index contributed by atoms with van der Waals surface area (Å²) in [5.74, 6) is 0.982. The molecule has 1 heterocycles. The van der Waals surface area contributed by atoms with Crippen LogP contribution in [0, 0.1) is 5.92 Å². The highest BCUT2D eigenvalue weighted by molar-refractivity contribution is 7.09. The van der Waals surface area contributed by atoms with Gasteiger partial charge in [0, 0.05) is 23.7 Å². The summed E-state index contributed by atoms with van der Waals surface area (Å²) in [5, 5.41) is 3.68. The van der Waals surface area contributed by atoms with Gasteiger partial charge in [0.15, 0.2) is 0 Å². The highest BCUT2D eigenvalue weighted by atomic mass is 32.1. The quantitative estimate of drug-likeness (QED) is 0.811. The Balaban J connectivity index is 1.73. The van der Waals surface area contributed by atoms with Gasteiger partial charge in [-0.2, -0.15) is 0 Å². The van der Waals surface area contributed by atoms with Crippen LogP contribution in [0.1, 0.15) is 50.3 Å². The van der Waals surface area contributed by atoms with E-state index in [1.54, 1.807) is 11.3 Å². The van der Waals surface area contributed by atoms with Gasteiger partial charge in [-0.25, -0.2) is 0 Å². The average molecular weight is 238 g/mol. The Morgan fingerprint density at radius 1 is 1.38 bits per heavy atom. The second-order valence-electron chi connectivity index (χ2n) is 4.83. The van der Waals surface area contributed by atoms with Crippen molar-refractivity contribution in [1.29, 1.82) is 0 Å². The van der Waals surface area contributed by atoms with Gasteiger partial charge in [0.25, 0.3) is 0 Å². The summed E-state index contributed by atoms with van der Waals surface area (Å²) < 4.78 is 0. The summed E-state index contributed by atoms with van der Waals surface area (Å²) in [4.78, 5) is 5.47. The molecule has 0 amide bonds. The molecule has 1 aromatic heterocycles. The first-order valence-electron chi connectivity index (χ1n) is 6.49. The molecule has 90 valence electrons. The number of thiazole rings is 1. The van der Waals surface area contributed by atoms with Crippen LogP contribution in [0.25, 0.3) is 0 Å². The maximum atomic E-state index is 4.11. The number of nitrogens with zero attached hydrogens (tertiary/aromatic N) is 1. The number of nitrogens with one attached hydrogen (secondary N) is 1. The number of hydrogen-bond acceptors (Lipinski definition) is 3. The minimum Gasteiger partial charge on any atom is -0.309 e.